The van der Waals surface area contributed by atoms with Crippen LogP contribution in [0.15, 0.2) is 73.1 Å². The molecular formula is C18H15ClN2. The molecule has 1 N–H and O–H groups in total. The number of pyridine rings is 1. The third-order valence-corrected chi connectivity index (χ3v) is 3.67. The van der Waals surface area contributed by atoms with E-state index in [9.17, 15) is 0 Å². The summed E-state index contributed by atoms with van der Waals surface area (Å²) >= 11 is 6.09. The maximum atomic E-state index is 6.09. The van der Waals surface area contributed by atoms with E-state index < -0.39 is 0 Å². The minimum atomic E-state index is 0.686. The Hall–Kier alpha value is -2.32. The van der Waals surface area contributed by atoms with Gasteiger partial charge in [-0.3, -0.25) is 4.98 Å². The Morgan fingerprint density at radius 3 is 2.29 bits per heavy atom. The van der Waals surface area contributed by atoms with E-state index in [0.717, 1.165) is 11.3 Å². The highest BCUT2D eigenvalue weighted by Crippen LogP contribution is 2.22. The van der Waals surface area contributed by atoms with Crippen LogP contribution < -0.4 is 5.32 Å². The zero-order valence-electron chi connectivity index (χ0n) is 11.5. The first-order valence-corrected chi connectivity index (χ1v) is 7.18. The van der Waals surface area contributed by atoms with E-state index in [1.807, 2.05) is 24.3 Å². The summed E-state index contributed by atoms with van der Waals surface area (Å²) in [7, 11) is 0. The molecule has 3 rings (SSSR count). The number of rotatable bonds is 4. The Bertz CT molecular complexity index is 709. The summed E-state index contributed by atoms with van der Waals surface area (Å²) in [6.45, 7) is 0.687. The van der Waals surface area contributed by atoms with Crippen molar-refractivity contribution >= 4 is 17.3 Å². The molecule has 0 saturated heterocycles. The van der Waals surface area contributed by atoms with Crippen molar-refractivity contribution in [2.24, 2.45) is 0 Å². The lowest BCUT2D eigenvalue weighted by molar-refractivity contribution is 1.13. The Labute approximate surface area is 129 Å². The molecule has 0 saturated carbocycles. The molecule has 0 aliphatic carbocycles. The Morgan fingerprint density at radius 2 is 1.57 bits per heavy atom. The van der Waals surface area contributed by atoms with Crippen LogP contribution in [0.2, 0.25) is 5.02 Å². The number of benzene rings is 2. The molecule has 21 heavy (non-hydrogen) atoms. The third-order valence-electron chi connectivity index (χ3n) is 3.33. The van der Waals surface area contributed by atoms with Crippen LogP contribution in [-0.2, 0) is 6.54 Å². The minimum absolute atomic E-state index is 0.686. The van der Waals surface area contributed by atoms with E-state index >= 15 is 0 Å². The normalized spacial score (nSPS) is 10.3. The van der Waals surface area contributed by atoms with Crippen molar-refractivity contribution in [2.45, 2.75) is 6.54 Å². The van der Waals surface area contributed by atoms with Crippen molar-refractivity contribution in [1.82, 2.24) is 4.98 Å². The van der Waals surface area contributed by atoms with E-state index in [0.29, 0.717) is 11.6 Å². The van der Waals surface area contributed by atoms with Gasteiger partial charge in [0.05, 0.1) is 5.02 Å². The van der Waals surface area contributed by atoms with Gasteiger partial charge in [0.1, 0.15) is 0 Å². The number of halogens is 1. The van der Waals surface area contributed by atoms with Gasteiger partial charge in [0.25, 0.3) is 0 Å². The fourth-order valence-electron chi connectivity index (χ4n) is 2.16. The number of hydrogen-bond acceptors (Lipinski definition) is 2. The summed E-state index contributed by atoms with van der Waals surface area (Å²) in [4.78, 5) is 3.99. The molecule has 0 unspecified atom stereocenters. The second kappa shape index (κ2) is 6.42. The second-order valence-corrected chi connectivity index (χ2v) is 5.17. The molecule has 3 heteroatoms. The van der Waals surface area contributed by atoms with Gasteiger partial charge < -0.3 is 5.32 Å². The van der Waals surface area contributed by atoms with Gasteiger partial charge in [-0.05, 0) is 34.9 Å². The lowest BCUT2D eigenvalue weighted by atomic mass is 10.1. The molecular weight excluding hydrogens is 280 g/mol. The van der Waals surface area contributed by atoms with Gasteiger partial charge in [-0.1, -0.05) is 54.1 Å². The highest BCUT2D eigenvalue weighted by molar-refractivity contribution is 6.31. The van der Waals surface area contributed by atoms with Crippen LogP contribution in [0, 0.1) is 0 Å². The second-order valence-electron chi connectivity index (χ2n) is 4.76. The van der Waals surface area contributed by atoms with Crippen molar-refractivity contribution in [3.8, 4) is 11.1 Å². The molecule has 1 heterocycles. The summed E-state index contributed by atoms with van der Waals surface area (Å²) in [5, 5.41) is 4.05. The Morgan fingerprint density at radius 1 is 0.857 bits per heavy atom. The average Bonchev–Trinajstić information content (AvgIpc) is 2.55. The molecule has 104 valence electrons. The number of nitrogens with one attached hydrogen (secondary N) is 1. The SMILES string of the molecule is Clc1cnccc1CNc1ccc(-c2ccccc2)cc1. The zero-order valence-corrected chi connectivity index (χ0v) is 12.2. The first kappa shape index (κ1) is 13.7. The molecule has 2 nitrogen and oxygen atoms in total. The van der Waals surface area contributed by atoms with Gasteiger partial charge in [0.2, 0.25) is 0 Å². The quantitative estimate of drug-likeness (QED) is 0.731. The van der Waals surface area contributed by atoms with Crippen LogP contribution >= 0.6 is 11.6 Å². The first-order valence-electron chi connectivity index (χ1n) is 6.81. The monoisotopic (exact) mass is 294 g/mol. The Kier molecular flexibility index (Phi) is 4.17. The van der Waals surface area contributed by atoms with Crippen molar-refractivity contribution in [3.05, 3.63) is 83.6 Å². The molecule has 2 aromatic carbocycles. The third kappa shape index (κ3) is 3.41. The van der Waals surface area contributed by atoms with E-state index in [-0.39, 0.29) is 0 Å². The van der Waals surface area contributed by atoms with Gasteiger partial charge in [0.15, 0.2) is 0 Å². The minimum Gasteiger partial charge on any atom is -0.381 e. The van der Waals surface area contributed by atoms with Crippen LogP contribution in [0.25, 0.3) is 11.1 Å². The summed E-state index contributed by atoms with van der Waals surface area (Å²) < 4.78 is 0. The summed E-state index contributed by atoms with van der Waals surface area (Å²) in [6, 6.07) is 20.7. The van der Waals surface area contributed by atoms with Crippen molar-refractivity contribution in [3.63, 3.8) is 0 Å². The van der Waals surface area contributed by atoms with Crippen LogP contribution in [0.1, 0.15) is 5.56 Å². The molecule has 3 aromatic rings. The van der Waals surface area contributed by atoms with Gasteiger partial charge in [0, 0.05) is 24.6 Å². The summed E-state index contributed by atoms with van der Waals surface area (Å²) in [5.41, 5.74) is 4.55. The number of hydrogen-bond donors (Lipinski definition) is 1. The fraction of sp³-hybridized carbons (Fsp3) is 0.0556. The molecule has 0 fully saturated rings. The average molecular weight is 295 g/mol. The molecule has 0 aliphatic rings. The van der Waals surface area contributed by atoms with Crippen LogP contribution in [0.4, 0.5) is 5.69 Å². The smallest absolute Gasteiger partial charge is 0.0639 e. The predicted octanol–water partition coefficient (Wildman–Crippen LogP) is 5.01. The zero-order chi connectivity index (χ0) is 14.5. The number of nitrogens with zero attached hydrogens (tertiary/aromatic N) is 1. The van der Waals surface area contributed by atoms with Crippen molar-refractivity contribution < 1.29 is 0 Å². The van der Waals surface area contributed by atoms with Gasteiger partial charge >= 0.3 is 0 Å². The molecule has 1 aromatic heterocycles. The maximum absolute atomic E-state index is 6.09. The molecule has 0 bridgehead atoms. The van der Waals surface area contributed by atoms with Gasteiger partial charge in [-0.2, -0.15) is 0 Å². The van der Waals surface area contributed by atoms with E-state index in [1.54, 1.807) is 12.4 Å². The predicted molar refractivity (Wildman–Crippen MR) is 88.5 cm³/mol. The number of aromatic nitrogens is 1. The number of anilines is 1. The molecule has 0 radical (unpaired) electrons. The molecule has 0 spiro atoms. The van der Waals surface area contributed by atoms with Crippen LogP contribution in [0.5, 0.6) is 0 Å². The lowest BCUT2D eigenvalue weighted by Gasteiger charge is -2.09. The van der Waals surface area contributed by atoms with Crippen molar-refractivity contribution in [2.75, 3.05) is 5.32 Å². The van der Waals surface area contributed by atoms with Gasteiger partial charge in [-0.25, -0.2) is 0 Å². The molecule has 0 amide bonds. The Balaban J connectivity index is 1.69. The molecule has 0 atom stereocenters. The highest BCUT2D eigenvalue weighted by atomic mass is 35.5. The first-order chi connectivity index (χ1) is 10.3. The largest absolute Gasteiger partial charge is 0.381 e. The lowest BCUT2D eigenvalue weighted by Crippen LogP contribution is -2.00. The van der Waals surface area contributed by atoms with Crippen molar-refractivity contribution in [1.29, 1.82) is 0 Å². The standard InChI is InChI=1S/C18H15ClN2/c19-18-13-20-11-10-16(18)12-21-17-8-6-15(7-9-17)14-4-2-1-3-5-14/h1-11,13,21H,12H2. The van der Waals surface area contributed by atoms with Crippen LogP contribution in [-0.4, -0.2) is 4.98 Å². The summed E-state index contributed by atoms with van der Waals surface area (Å²) in [6.07, 6.45) is 3.42. The highest BCUT2D eigenvalue weighted by Gasteiger charge is 2.00. The van der Waals surface area contributed by atoms with E-state index in [1.165, 1.54) is 11.1 Å². The maximum Gasteiger partial charge on any atom is 0.0639 e. The van der Waals surface area contributed by atoms with Gasteiger partial charge in [-0.15, -0.1) is 0 Å². The topological polar surface area (TPSA) is 24.9 Å². The van der Waals surface area contributed by atoms with E-state index in [4.69, 9.17) is 11.6 Å². The van der Waals surface area contributed by atoms with E-state index in [2.05, 4.69) is 46.7 Å². The summed E-state index contributed by atoms with van der Waals surface area (Å²) in [5.74, 6) is 0. The molecule has 0 aliphatic heterocycles. The fourth-order valence-corrected chi connectivity index (χ4v) is 2.34. The van der Waals surface area contributed by atoms with Crippen LogP contribution in [0.3, 0.4) is 0 Å².